The van der Waals surface area contributed by atoms with Crippen molar-refractivity contribution in [2.45, 2.75) is 50.4 Å². The molecule has 37 heavy (non-hydrogen) atoms. The van der Waals surface area contributed by atoms with Crippen LogP contribution in [0.4, 0.5) is 0 Å². The number of primary amides is 1. The topological polar surface area (TPSA) is 181 Å². The minimum Gasteiger partial charge on any atom is -0.507 e. The molecule has 1 aromatic rings. The van der Waals surface area contributed by atoms with Crippen LogP contribution >= 0.6 is 0 Å². The van der Waals surface area contributed by atoms with Gasteiger partial charge in [0.2, 0.25) is 5.91 Å². The Hall–Kier alpha value is -3.44. The second-order valence-electron chi connectivity index (χ2n) is 10.3. The van der Waals surface area contributed by atoms with Crippen LogP contribution in [-0.4, -0.2) is 82.0 Å². The molecule has 0 heterocycles. The van der Waals surface area contributed by atoms with Crippen LogP contribution in [0.3, 0.4) is 0 Å². The maximum Gasteiger partial charge on any atom is 0.306 e. The Labute approximate surface area is 212 Å². The van der Waals surface area contributed by atoms with Crippen molar-refractivity contribution in [3.63, 3.8) is 0 Å². The van der Waals surface area contributed by atoms with E-state index in [1.807, 2.05) is 0 Å². The highest BCUT2D eigenvalue weighted by atomic mass is 16.5. The number of benzene rings is 1. The second-order valence-corrected chi connectivity index (χ2v) is 10.3. The summed E-state index contributed by atoms with van der Waals surface area (Å²) in [4.78, 5) is 80.9. The fourth-order valence-corrected chi connectivity index (χ4v) is 6.48. The van der Waals surface area contributed by atoms with Crippen LogP contribution in [0.15, 0.2) is 18.2 Å². The number of esters is 1. The smallest absolute Gasteiger partial charge is 0.306 e. The molecule has 0 radical (unpaired) electrons. The normalized spacial score (nSPS) is 35.0. The Morgan fingerprint density at radius 2 is 1.78 bits per heavy atom. The first-order chi connectivity index (χ1) is 17.3. The number of rotatable bonds is 5. The van der Waals surface area contributed by atoms with Gasteiger partial charge in [-0.15, -0.1) is 0 Å². The highest BCUT2D eigenvalue weighted by molar-refractivity contribution is 6.32. The van der Waals surface area contributed by atoms with Gasteiger partial charge in [-0.25, -0.2) is 0 Å². The number of ketones is 4. The lowest BCUT2D eigenvalue weighted by Crippen LogP contribution is -2.78. The number of fused-ring (bicyclic) bond motifs is 3. The monoisotopic (exact) mass is 514 g/mol. The number of Topliss-reactive ketones (excluding diaryl/α,β-unsaturated/α-hetero) is 4. The van der Waals surface area contributed by atoms with E-state index >= 15 is 0 Å². The van der Waals surface area contributed by atoms with E-state index in [1.165, 1.54) is 31.1 Å². The Bertz CT molecular complexity index is 1220. The third-order valence-corrected chi connectivity index (χ3v) is 8.05. The molecule has 8 atom stereocenters. The van der Waals surface area contributed by atoms with Crippen molar-refractivity contribution in [1.29, 1.82) is 0 Å². The summed E-state index contributed by atoms with van der Waals surface area (Å²) in [5.74, 6) is -13.9. The first kappa shape index (κ1) is 26.6. The van der Waals surface area contributed by atoms with Crippen molar-refractivity contribution in [2.24, 2.45) is 29.4 Å². The zero-order valence-corrected chi connectivity index (χ0v) is 21.0. The van der Waals surface area contributed by atoms with Crippen molar-refractivity contribution in [3.8, 4) is 5.75 Å². The molecule has 0 aromatic heterocycles. The van der Waals surface area contributed by atoms with E-state index < -0.39 is 82.3 Å². The summed E-state index contributed by atoms with van der Waals surface area (Å²) in [5.41, 5.74) is 2.62. The minimum atomic E-state index is -3.02. The van der Waals surface area contributed by atoms with Gasteiger partial charge >= 0.3 is 5.97 Å². The number of aliphatic hydroxyl groups is 1. The van der Waals surface area contributed by atoms with Crippen LogP contribution in [0.5, 0.6) is 5.75 Å². The lowest BCUT2D eigenvalue weighted by molar-refractivity contribution is -0.205. The maximum absolute atomic E-state index is 14.0. The largest absolute Gasteiger partial charge is 0.507 e. The summed E-state index contributed by atoms with van der Waals surface area (Å²) in [7, 11) is 2.92. The quantitative estimate of drug-likeness (QED) is 0.350. The number of phenols is 1. The van der Waals surface area contributed by atoms with E-state index in [1.54, 1.807) is 19.9 Å². The highest BCUT2D eigenvalue weighted by Crippen LogP contribution is 2.55. The molecule has 4 N–H and O–H groups in total. The van der Waals surface area contributed by atoms with E-state index in [2.05, 4.69) is 0 Å². The van der Waals surface area contributed by atoms with Gasteiger partial charge in [-0.3, -0.25) is 33.7 Å². The number of nitrogens with two attached hydrogens (primary N) is 1. The molecule has 1 amide bonds. The van der Waals surface area contributed by atoms with Crippen LogP contribution in [0.2, 0.25) is 0 Å². The molecule has 0 saturated heterocycles. The maximum atomic E-state index is 14.0. The molecule has 2 saturated carbocycles. The predicted octanol–water partition coefficient (Wildman–Crippen LogP) is -0.250. The zero-order chi connectivity index (χ0) is 27.6. The summed E-state index contributed by atoms with van der Waals surface area (Å²) in [6.07, 6.45) is -1.03. The summed E-state index contributed by atoms with van der Waals surface area (Å²) in [6.45, 7) is 3.42. The number of aromatic hydroxyl groups is 1. The number of hydrogen-bond donors (Lipinski definition) is 3. The number of phenolic OH excluding ortho intramolecular Hbond substituents is 1. The molecule has 11 nitrogen and oxygen atoms in total. The van der Waals surface area contributed by atoms with Gasteiger partial charge in [0, 0.05) is 12.3 Å². The van der Waals surface area contributed by atoms with Gasteiger partial charge in [0.25, 0.3) is 0 Å². The van der Waals surface area contributed by atoms with E-state index in [4.69, 9.17) is 10.5 Å². The van der Waals surface area contributed by atoms with Gasteiger partial charge in [0.05, 0.1) is 23.4 Å². The average Bonchev–Trinajstić information content (AvgIpc) is 2.80. The molecule has 3 aliphatic carbocycles. The predicted molar refractivity (Wildman–Crippen MR) is 126 cm³/mol. The number of hydrogen-bond acceptors (Lipinski definition) is 10. The average molecular weight is 515 g/mol. The number of carbonyl (C=O) groups excluding carboxylic acids is 6. The molecule has 11 heteroatoms. The summed E-state index contributed by atoms with van der Waals surface area (Å²) in [6, 6.07) is 3.01. The zero-order valence-electron chi connectivity index (χ0n) is 21.0. The fourth-order valence-electron chi connectivity index (χ4n) is 6.48. The second kappa shape index (κ2) is 9.14. The van der Waals surface area contributed by atoms with Gasteiger partial charge in [-0.2, -0.15) is 0 Å². The number of nitrogens with zero attached hydrogens (tertiary/aromatic N) is 1. The van der Waals surface area contributed by atoms with E-state index in [0.29, 0.717) is 12.0 Å². The van der Waals surface area contributed by atoms with Gasteiger partial charge < -0.3 is 20.7 Å². The van der Waals surface area contributed by atoms with E-state index in [9.17, 15) is 39.0 Å². The Morgan fingerprint density at radius 3 is 2.35 bits per heavy atom. The van der Waals surface area contributed by atoms with Crippen LogP contribution in [-0.2, 0) is 28.7 Å². The molecule has 3 aliphatic rings. The SMILES string of the molecule is CCCC(=O)O[C@H]1[C@H]2C(C(=O)c3c(O)cccc3[C@@H]2C)C(=O)[C@]2(O)C(=O)C(C(N)=O)C(=O)C(N(C)C)[C@H]12. The van der Waals surface area contributed by atoms with Gasteiger partial charge in [-0.1, -0.05) is 26.0 Å². The minimum absolute atomic E-state index is 0.0227. The number of ether oxygens (including phenoxy) is 1. The molecule has 1 aromatic carbocycles. The van der Waals surface area contributed by atoms with Crippen molar-refractivity contribution < 1.29 is 43.7 Å². The lowest BCUT2D eigenvalue weighted by atomic mass is 9.49. The first-order valence-corrected chi connectivity index (χ1v) is 12.2. The van der Waals surface area contributed by atoms with Crippen LogP contribution < -0.4 is 5.73 Å². The van der Waals surface area contributed by atoms with Crippen molar-refractivity contribution in [2.75, 3.05) is 14.1 Å². The van der Waals surface area contributed by atoms with Crippen LogP contribution in [0.1, 0.15) is 48.5 Å². The molecule has 0 bridgehead atoms. The van der Waals surface area contributed by atoms with Gasteiger partial charge in [0.1, 0.15) is 11.9 Å². The Kier molecular flexibility index (Phi) is 6.58. The standard InChI is InChI=1S/C26H30N2O9/c1-5-7-13(30)37-22-14-10(2)11-8-6-9-12(29)15(11)20(31)16(14)23(33)26(36)18(22)19(28(3)4)21(32)17(24(26)34)25(27)35/h6,8-10,14,16-19,22,29,36H,5,7H2,1-4H3,(H2,27,35)/t10-,14+,16?,17?,18+,19?,22-,26-/m0/s1. The van der Waals surface area contributed by atoms with Crippen LogP contribution in [0.25, 0.3) is 0 Å². The Morgan fingerprint density at radius 1 is 1.14 bits per heavy atom. The molecule has 2 fully saturated rings. The molecule has 0 aliphatic heterocycles. The van der Waals surface area contributed by atoms with Gasteiger partial charge in [0.15, 0.2) is 34.7 Å². The molecule has 0 spiro atoms. The number of likely N-dealkylation sites (N-methyl/N-ethyl adjacent to an activating group) is 1. The fraction of sp³-hybridized carbons (Fsp3) is 0.538. The number of carbonyl (C=O) groups is 6. The Balaban J connectivity index is 2.01. The molecule has 3 unspecified atom stereocenters. The van der Waals surface area contributed by atoms with E-state index in [-0.39, 0.29) is 17.7 Å². The van der Waals surface area contributed by atoms with Crippen LogP contribution in [0, 0.1) is 23.7 Å². The summed E-state index contributed by atoms with van der Waals surface area (Å²) < 4.78 is 5.81. The van der Waals surface area contributed by atoms with Crippen molar-refractivity contribution >= 4 is 35.0 Å². The van der Waals surface area contributed by atoms with E-state index in [0.717, 1.165) is 0 Å². The third kappa shape index (κ3) is 3.63. The molecule has 4 rings (SSSR count). The summed E-state index contributed by atoms with van der Waals surface area (Å²) in [5, 5.41) is 22.3. The summed E-state index contributed by atoms with van der Waals surface area (Å²) >= 11 is 0. The van der Waals surface area contributed by atoms with Crippen molar-refractivity contribution in [1.82, 2.24) is 4.90 Å². The first-order valence-electron chi connectivity index (χ1n) is 12.2. The van der Waals surface area contributed by atoms with Gasteiger partial charge in [-0.05, 0) is 38.1 Å². The highest BCUT2D eigenvalue weighted by Gasteiger charge is 2.74. The molecular weight excluding hydrogens is 484 g/mol. The third-order valence-electron chi connectivity index (χ3n) is 8.05. The van der Waals surface area contributed by atoms with Crippen molar-refractivity contribution in [3.05, 3.63) is 29.3 Å². The molecule has 198 valence electrons. The number of amides is 1. The molecular formula is C26H30N2O9. The lowest BCUT2D eigenvalue weighted by Gasteiger charge is -2.56.